The lowest BCUT2D eigenvalue weighted by molar-refractivity contribution is -0.302. The summed E-state index contributed by atoms with van der Waals surface area (Å²) in [7, 11) is 0. The first-order valence-corrected chi connectivity index (χ1v) is 13.2. The molecule has 1 rings (SSSR count). The third-order valence-electron chi connectivity index (χ3n) is 6.46. The SMILES string of the molecule is CCCCCCCCCCCC(O)C(COC1OC(CO)C(O)C(O)C1O)NC(=O)CCCC. The number of aliphatic hydroxyl groups excluding tert-OH is 5. The third-order valence-corrected chi connectivity index (χ3v) is 6.46. The molecule has 202 valence electrons. The van der Waals surface area contributed by atoms with Gasteiger partial charge in [0, 0.05) is 6.42 Å². The first kappa shape index (κ1) is 31.2. The number of amides is 1. The Morgan fingerprint density at radius 3 is 2.06 bits per heavy atom. The Hall–Kier alpha value is -0.810. The van der Waals surface area contributed by atoms with E-state index in [1.54, 1.807) is 0 Å². The number of aliphatic hydroxyl groups is 5. The minimum absolute atomic E-state index is 0.140. The van der Waals surface area contributed by atoms with E-state index in [0.29, 0.717) is 12.8 Å². The van der Waals surface area contributed by atoms with E-state index in [1.165, 1.54) is 38.5 Å². The molecule has 6 N–H and O–H groups in total. The van der Waals surface area contributed by atoms with E-state index in [4.69, 9.17) is 9.47 Å². The molecule has 1 aliphatic heterocycles. The van der Waals surface area contributed by atoms with Crippen molar-refractivity contribution < 1.29 is 39.8 Å². The van der Waals surface area contributed by atoms with Crippen molar-refractivity contribution in [1.82, 2.24) is 5.32 Å². The molecular weight excluding hydrogens is 442 g/mol. The zero-order valence-corrected chi connectivity index (χ0v) is 21.1. The highest BCUT2D eigenvalue weighted by Gasteiger charge is 2.44. The average molecular weight is 492 g/mol. The molecule has 0 radical (unpaired) electrons. The molecule has 1 fully saturated rings. The maximum Gasteiger partial charge on any atom is 0.220 e. The van der Waals surface area contributed by atoms with Gasteiger partial charge in [0.05, 0.1) is 25.4 Å². The van der Waals surface area contributed by atoms with Crippen LogP contribution >= 0.6 is 0 Å². The Morgan fingerprint density at radius 2 is 1.47 bits per heavy atom. The number of carbonyl (C=O) groups excluding carboxylic acids is 1. The predicted octanol–water partition coefficient (Wildman–Crippen LogP) is 1.76. The molecule has 34 heavy (non-hydrogen) atoms. The van der Waals surface area contributed by atoms with Crippen LogP contribution in [0.15, 0.2) is 0 Å². The second kappa shape index (κ2) is 18.5. The van der Waals surface area contributed by atoms with Crippen molar-refractivity contribution in [1.29, 1.82) is 0 Å². The monoisotopic (exact) mass is 491 g/mol. The molecule has 0 aliphatic carbocycles. The van der Waals surface area contributed by atoms with E-state index in [0.717, 1.165) is 32.1 Å². The van der Waals surface area contributed by atoms with Crippen molar-refractivity contribution in [3.05, 3.63) is 0 Å². The Labute approximate surface area is 204 Å². The van der Waals surface area contributed by atoms with E-state index in [-0.39, 0.29) is 12.5 Å². The second-order valence-electron chi connectivity index (χ2n) is 9.49. The highest BCUT2D eigenvalue weighted by molar-refractivity contribution is 5.76. The predicted molar refractivity (Wildman–Crippen MR) is 129 cm³/mol. The van der Waals surface area contributed by atoms with E-state index >= 15 is 0 Å². The van der Waals surface area contributed by atoms with Crippen LogP contribution in [0.2, 0.25) is 0 Å². The fraction of sp³-hybridized carbons (Fsp3) is 0.960. The Balaban J connectivity index is 2.52. The van der Waals surface area contributed by atoms with Gasteiger partial charge in [0.25, 0.3) is 0 Å². The molecule has 1 aliphatic rings. The van der Waals surface area contributed by atoms with E-state index < -0.39 is 49.5 Å². The van der Waals surface area contributed by atoms with Crippen LogP contribution in [0.5, 0.6) is 0 Å². The van der Waals surface area contributed by atoms with E-state index in [2.05, 4.69) is 12.2 Å². The van der Waals surface area contributed by atoms with Gasteiger partial charge in [-0.05, 0) is 12.8 Å². The minimum Gasteiger partial charge on any atom is -0.394 e. The number of unbranched alkanes of at least 4 members (excludes halogenated alkanes) is 9. The topological polar surface area (TPSA) is 149 Å². The van der Waals surface area contributed by atoms with Gasteiger partial charge in [0.2, 0.25) is 5.91 Å². The quantitative estimate of drug-likeness (QED) is 0.150. The number of ether oxygens (including phenoxy) is 2. The largest absolute Gasteiger partial charge is 0.394 e. The fourth-order valence-corrected chi connectivity index (χ4v) is 4.13. The maximum atomic E-state index is 12.3. The molecule has 1 saturated heterocycles. The van der Waals surface area contributed by atoms with Crippen molar-refractivity contribution in [2.45, 2.75) is 140 Å². The highest BCUT2D eigenvalue weighted by atomic mass is 16.7. The molecule has 1 heterocycles. The summed E-state index contributed by atoms with van der Waals surface area (Å²) in [6, 6.07) is -0.703. The zero-order valence-electron chi connectivity index (χ0n) is 21.1. The van der Waals surface area contributed by atoms with Gasteiger partial charge in [-0.1, -0.05) is 78.1 Å². The van der Waals surface area contributed by atoms with Crippen molar-refractivity contribution in [3.8, 4) is 0 Å². The standard InChI is InChI=1S/C25H49NO8/c1-3-5-7-8-9-10-11-12-13-14-19(28)18(26-21(29)15-6-4-2)17-33-25-24(32)23(31)22(30)20(16-27)34-25/h18-20,22-25,27-28,30-32H,3-17H2,1-2H3,(H,26,29). The number of nitrogens with one attached hydrogen (secondary N) is 1. The van der Waals surface area contributed by atoms with Crippen molar-refractivity contribution >= 4 is 5.91 Å². The van der Waals surface area contributed by atoms with Gasteiger partial charge in [0.1, 0.15) is 24.4 Å². The van der Waals surface area contributed by atoms with Gasteiger partial charge in [-0.3, -0.25) is 4.79 Å². The normalized spacial score (nSPS) is 26.9. The highest BCUT2D eigenvalue weighted by Crippen LogP contribution is 2.22. The summed E-state index contributed by atoms with van der Waals surface area (Å²) in [6.45, 7) is 3.51. The van der Waals surface area contributed by atoms with Crippen LogP contribution in [0, 0.1) is 0 Å². The molecule has 1 amide bonds. The Bertz CT molecular complexity index is 521. The first-order valence-electron chi connectivity index (χ1n) is 13.2. The molecule has 0 aromatic carbocycles. The van der Waals surface area contributed by atoms with Gasteiger partial charge in [-0.15, -0.1) is 0 Å². The molecule has 0 aromatic heterocycles. The molecule has 0 saturated carbocycles. The van der Waals surface area contributed by atoms with Crippen LogP contribution in [-0.4, -0.2) is 87.5 Å². The van der Waals surface area contributed by atoms with Gasteiger partial charge >= 0.3 is 0 Å². The van der Waals surface area contributed by atoms with E-state index in [9.17, 15) is 30.3 Å². The van der Waals surface area contributed by atoms with Crippen molar-refractivity contribution in [3.63, 3.8) is 0 Å². The zero-order chi connectivity index (χ0) is 25.3. The lowest BCUT2D eigenvalue weighted by atomic mass is 9.99. The number of hydrogen-bond acceptors (Lipinski definition) is 8. The summed E-state index contributed by atoms with van der Waals surface area (Å²) >= 11 is 0. The molecule has 9 nitrogen and oxygen atoms in total. The van der Waals surface area contributed by atoms with Gasteiger partial charge in [0.15, 0.2) is 6.29 Å². The van der Waals surface area contributed by atoms with Crippen LogP contribution in [-0.2, 0) is 14.3 Å². The molecule has 9 heteroatoms. The summed E-state index contributed by atoms with van der Waals surface area (Å²) < 4.78 is 11.0. The van der Waals surface area contributed by atoms with Gasteiger partial charge < -0.3 is 40.3 Å². The van der Waals surface area contributed by atoms with Crippen LogP contribution in [0.25, 0.3) is 0 Å². The summed E-state index contributed by atoms with van der Waals surface area (Å²) in [6.07, 6.45) is 5.22. The molecule has 0 spiro atoms. The fourth-order valence-electron chi connectivity index (χ4n) is 4.13. The number of rotatable bonds is 19. The van der Waals surface area contributed by atoms with Crippen LogP contribution in [0.1, 0.15) is 97.3 Å². The average Bonchev–Trinajstić information content (AvgIpc) is 2.83. The number of hydrogen-bond donors (Lipinski definition) is 6. The van der Waals surface area contributed by atoms with Gasteiger partial charge in [-0.2, -0.15) is 0 Å². The Kier molecular flexibility index (Phi) is 16.9. The lowest BCUT2D eigenvalue weighted by Crippen LogP contribution is -2.60. The number of carbonyl (C=O) groups is 1. The van der Waals surface area contributed by atoms with Crippen LogP contribution in [0.4, 0.5) is 0 Å². The smallest absolute Gasteiger partial charge is 0.220 e. The van der Waals surface area contributed by atoms with Crippen LogP contribution in [0.3, 0.4) is 0 Å². The molecule has 0 bridgehead atoms. The maximum absolute atomic E-state index is 12.3. The van der Waals surface area contributed by atoms with Gasteiger partial charge in [-0.25, -0.2) is 0 Å². The van der Waals surface area contributed by atoms with Crippen molar-refractivity contribution in [2.75, 3.05) is 13.2 Å². The molecule has 7 atom stereocenters. The first-order chi connectivity index (χ1) is 16.3. The summed E-state index contributed by atoms with van der Waals surface area (Å²) in [4.78, 5) is 12.3. The van der Waals surface area contributed by atoms with E-state index in [1.807, 2.05) is 6.92 Å². The molecular formula is C25H49NO8. The molecule has 7 unspecified atom stereocenters. The molecule has 0 aromatic rings. The van der Waals surface area contributed by atoms with Crippen molar-refractivity contribution in [2.24, 2.45) is 0 Å². The Morgan fingerprint density at radius 1 is 0.882 bits per heavy atom. The lowest BCUT2D eigenvalue weighted by Gasteiger charge is -2.40. The second-order valence-corrected chi connectivity index (χ2v) is 9.49. The summed E-state index contributed by atoms with van der Waals surface area (Å²) in [5, 5.41) is 52.9. The third kappa shape index (κ3) is 11.7. The minimum atomic E-state index is -1.54. The van der Waals surface area contributed by atoms with Crippen LogP contribution < -0.4 is 5.32 Å². The summed E-state index contributed by atoms with van der Waals surface area (Å²) in [5.74, 6) is -0.185. The summed E-state index contributed by atoms with van der Waals surface area (Å²) in [5.41, 5.74) is 0.